The van der Waals surface area contributed by atoms with Crippen LogP contribution in [0, 0.1) is 0 Å². The Bertz CT molecular complexity index is 494. The quantitative estimate of drug-likeness (QED) is 0.887. The topological polar surface area (TPSA) is 66.8 Å². The molecule has 2 rings (SSSR count). The van der Waals surface area contributed by atoms with Gasteiger partial charge in [0.15, 0.2) is 0 Å². The highest BCUT2D eigenvalue weighted by Crippen LogP contribution is 2.15. The largest absolute Gasteiger partial charge is 0.478 e. The molecule has 1 aromatic carbocycles. The first kappa shape index (κ1) is 14.5. The van der Waals surface area contributed by atoms with Crippen molar-refractivity contribution in [1.29, 1.82) is 0 Å². The molecule has 1 atom stereocenters. The number of likely N-dealkylation sites (N-methyl/N-ethyl adjacent to an activating group) is 1. The minimum atomic E-state index is -0.936. The number of hydrogen-bond acceptors (Lipinski definition) is 3. The lowest BCUT2D eigenvalue weighted by Gasteiger charge is -2.20. The Hall–Kier alpha value is -1.88. The number of carboxylic acid groups (broad SMARTS) is 1. The Kier molecular flexibility index (Phi) is 4.74. The van der Waals surface area contributed by atoms with E-state index in [1.165, 1.54) is 0 Å². The third kappa shape index (κ3) is 3.36. The zero-order valence-corrected chi connectivity index (χ0v) is 11.5. The molecule has 1 saturated heterocycles. The summed E-state index contributed by atoms with van der Waals surface area (Å²) in [6.45, 7) is 1.13. The Labute approximate surface area is 118 Å². The normalized spacial score (nSPS) is 17.9. The van der Waals surface area contributed by atoms with Gasteiger partial charge in [0.05, 0.1) is 5.56 Å². The summed E-state index contributed by atoms with van der Waals surface area (Å²) in [6.07, 6.45) is 1.90. The highest BCUT2D eigenvalue weighted by Gasteiger charge is 2.26. The zero-order valence-electron chi connectivity index (χ0n) is 11.5. The van der Waals surface area contributed by atoms with E-state index in [9.17, 15) is 9.59 Å². The summed E-state index contributed by atoms with van der Waals surface area (Å²) in [5.41, 5.74) is 1.04. The molecule has 0 aromatic heterocycles. The maximum atomic E-state index is 12.1. The number of benzene rings is 1. The maximum Gasteiger partial charge on any atom is 0.335 e. The Morgan fingerprint density at radius 1 is 1.40 bits per heavy atom. The second kappa shape index (κ2) is 6.52. The average Bonchev–Trinajstić information content (AvgIpc) is 2.98. The molecule has 5 nitrogen and oxygen atoms in total. The molecule has 0 spiro atoms. The number of nitrogens with zero attached hydrogens (tertiary/aromatic N) is 1. The van der Waals surface area contributed by atoms with Gasteiger partial charge < -0.3 is 14.7 Å². The summed E-state index contributed by atoms with van der Waals surface area (Å²) in [7, 11) is 1.73. The highest BCUT2D eigenvalue weighted by molar-refractivity contribution is 5.89. The second-order valence-electron chi connectivity index (χ2n) is 4.97. The van der Waals surface area contributed by atoms with Crippen LogP contribution in [0.25, 0.3) is 0 Å². The first-order valence-electron chi connectivity index (χ1n) is 6.77. The molecule has 1 aromatic rings. The lowest BCUT2D eigenvalue weighted by atomic mass is 10.0. The van der Waals surface area contributed by atoms with Gasteiger partial charge in [-0.15, -0.1) is 0 Å². The Morgan fingerprint density at radius 3 is 2.80 bits per heavy atom. The van der Waals surface area contributed by atoms with Crippen LogP contribution in [0.5, 0.6) is 0 Å². The Morgan fingerprint density at radius 2 is 2.15 bits per heavy atom. The van der Waals surface area contributed by atoms with E-state index in [4.69, 9.17) is 9.84 Å². The predicted molar refractivity (Wildman–Crippen MR) is 73.7 cm³/mol. The molecule has 1 aliphatic heterocycles. The fourth-order valence-corrected chi connectivity index (χ4v) is 2.36. The number of hydrogen-bond donors (Lipinski definition) is 1. The molecule has 1 fully saturated rings. The third-order valence-corrected chi connectivity index (χ3v) is 3.55. The van der Waals surface area contributed by atoms with Crippen LogP contribution in [0.3, 0.4) is 0 Å². The molecular formula is C15H19NO4. The van der Waals surface area contributed by atoms with Crippen molar-refractivity contribution in [2.45, 2.75) is 25.4 Å². The van der Waals surface area contributed by atoms with Crippen LogP contribution in [0.4, 0.5) is 0 Å². The van der Waals surface area contributed by atoms with Gasteiger partial charge >= 0.3 is 5.97 Å². The van der Waals surface area contributed by atoms with Gasteiger partial charge in [0, 0.05) is 20.2 Å². The van der Waals surface area contributed by atoms with Crippen molar-refractivity contribution in [3.63, 3.8) is 0 Å². The molecule has 1 amide bonds. The number of aromatic carboxylic acids is 1. The molecule has 20 heavy (non-hydrogen) atoms. The molecule has 0 unspecified atom stereocenters. The average molecular weight is 277 g/mol. The fourth-order valence-electron chi connectivity index (χ4n) is 2.36. The molecule has 5 heteroatoms. The smallest absolute Gasteiger partial charge is 0.335 e. The first-order valence-corrected chi connectivity index (χ1v) is 6.77. The molecule has 0 aliphatic carbocycles. The van der Waals surface area contributed by atoms with Crippen molar-refractivity contribution in [2.24, 2.45) is 0 Å². The van der Waals surface area contributed by atoms with Crippen LogP contribution in [-0.2, 0) is 16.0 Å². The first-order chi connectivity index (χ1) is 9.59. The molecule has 0 saturated carbocycles. The van der Waals surface area contributed by atoms with E-state index in [1.54, 1.807) is 30.1 Å². The van der Waals surface area contributed by atoms with E-state index in [0.29, 0.717) is 25.1 Å². The van der Waals surface area contributed by atoms with E-state index < -0.39 is 5.97 Å². The van der Waals surface area contributed by atoms with Crippen LogP contribution in [-0.4, -0.2) is 48.2 Å². The summed E-state index contributed by atoms with van der Waals surface area (Å²) in [5, 5.41) is 9.11. The van der Waals surface area contributed by atoms with E-state index in [1.807, 2.05) is 6.07 Å². The second-order valence-corrected chi connectivity index (χ2v) is 4.97. The van der Waals surface area contributed by atoms with Crippen LogP contribution in [0.15, 0.2) is 24.3 Å². The number of carboxylic acids is 1. The van der Waals surface area contributed by atoms with Gasteiger partial charge in [0.2, 0.25) is 0 Å². The molecule has 1 N–H and O–H groups in total. The van der Waals surface area contributed by atoms with E-state index in [0.717, 1.165) is 18.4 Å². The van der Waals surface area contributed by atoms with Crippen molar-refractivity contribution >= 4 is 11.9 Å². The van der Waals surface area contributed by atoms with Crippen molar-refractivity contribution in [2.75, 3.05) is 20.2 Å². The van der Waals surface area contributed by atoms with E-state index in [2.05, 4.69) is 0 Å². The summed E-state index contributed by atoms with van der Waals surface area (Å²) < 4.78 is 5.36. The van der Waals surface area contributed by atoms with Crippen molar-refractivity contribution < 1.29 is 19.4 Å². The number of carbonyl (C=O) groups excluding carboxylic acids is 1. The van der Waals surface area contributed by atoms with Crippen molar-refractivity contribution in [3.05, 3.63) is 35.4 Å². The highest BCUT2D eigenvalue weighted by atomic mass is 16.5. The van der Waals surface area contributed by atoms with Gasteiger partial charge in [-0.05, 0) is 30.9 Å². The van der Waals surface area contributed by atoms with Gasteiger partial charge in [0.25, 0.3) is 5.91 Å². The van der Waals surface area contributed by atoms with Crippen molar-refractivity contribution in [1.82, 2.24) is 4.90 Å². The molecule has 0 bridgehead atoms. The summed E-state index contributed by atoms with van der Waals surface area (Å²) in [5.74, 6) is -0.955. The van der Waals surface area contributed by atoms with Crippen LogP contribution >= 0.6 is 0 Å². The van der Waals surface area contributed by atoms with Gasteiger partial charge in [-0.2, -0.15) is 0 Å². The zero-order chi connectivity index (χ0) is 14.5. The molecular weight excluding hydrogens is 258 g/mol. The minimum absolute atomic E-state index is 0.0182. The van der Waals surface area contributed by atoms with Crippen molar-refractivity contribution in [3.8, 4) is 0 Å². The van der Waals surface area contributed by atoms with Crippen LogP contribution in [0.1, 0.15) is 28.8 Å². The molecule has 1 aliphatic rings. The molecule has 108 valence electrons. The third-order valence-electron chi connectivity index (χ3n) is 3.55. The van der Waals surface area contributed by atoms with Crippen LogP contribution < -0.4 is 0 Å². The number of amides is 1. The predicted octanol–water partition coefficient (Wildman–Crippen LogP) is 1.56. The van der Waals surface area contributed by atoms with Gasteiger partial charge in [-0.3, -0.25) is 4.79 Å². The monoisotopic (exact) mass is 277 g/mol. The lowest BCUT2D eigenvalue weighted by Crippen LogP contribution is -2.37. The maximum absolute atomic E-state index is 12.1. The number of carbonyl (C=O) groups is 2. The lowest BCUT2D eigenvalue weighted by molar-refractivity contribution is -0.139. The summed E-state index contributed by atoms with van der Waals surface area (Å²) in [6, 6.07) is 6.88. The van der Waals surface area contributed by atoms with Gasteiger partial charge in [-0.25, -0.2) is 4.79 Å². The summed E-state index contributed by atoms with van der Waals surface area (Å²) in [4.78, 5) is 24.8. The van der Waals surface area contributed by atoms with Gasteiger partial charge in [-0.1, -0.05) is 18.2 Å². The van der Waals surface area contributed by atoms with E-state index >= 15 is 0 Å². The molecule has 0 radical (unpaired) electrons. The van der Waals surface area contributed by atoms with Gasteiger partial charge in [0.1, 0.15) is 6.10 Å². The molecule has 1 heterocycles. The van der Waals surface area contributed by atoms with Crippen LogP contribution in [0.2, 0.25) is 0 Å². The fraction of sp³-hybridized carbons (Fsp3) is 0.467. The SMILES string of the molecule is CN(CCc1ccccc1C(=O)O)C(=O)[C@H]1CCCO1. The minimum Gasteiger partial charge on any atom is -0.478 e. The Balaban J connectivity index is 1.94. The standard InChI is InChI=1S/C15H19NO4/c1-16(14(17)13-7-4-10-20-13)9-8-11-5-2-3-6-12(11)15(18)19/h2-3,5-6,13H,4,7-10H2,1H3,(H,18,19)/t13-/m1/s1. The van der Waals surface area contributed by atoms with E-state index in [-0.39, 0.29) is 12.0 Å². The number of rotatable bonds is 5. The summed E-state index contributed by atoms with van der Waals surface area (Å²) >= 11 is 0. The number of ether oxygens (including phenoxy) is 1.